The highest BCUT2D eigenvalue weighted by Gasteiger charge is 2.45. The predicted molar refractivity (Wildman–Crippen MR) is 113 cm³/mol. The second-order valence-corrected chi connectivity index (χ2v) is 9.00. The molecule has 4 rings (SSSR count). The van der Waals surface area contributed by atoms with Gasteiger partial charge in [0, 0.05) is 28.4 Å². The molecule has 29 heavy (non-hydrogen) atoms. The van der Waals surface area contributed by atoms with Crippen LogP contribution in [0, 0.1) is 11.8 Å². The monoisotopic (exact) mass is 431 g/mol. The lowest BCUT2D eigenvalue weighted by atomic mass is 9.75. The second-order valence-electron chi connectivity index (χ2n) is 8.12. The van der Waals surface area contributed by atoms with E-state index in [0.717, 1.165) is 24.0 Å². The first-order chi connectivity index (χ1) is 13.9. The average Bonchev–Trinajstić information content (AvgIpc) is 3.49. The third-order valence-electron chi connectivity index (χ3n) is 5.95. The molecule has 152 valence electrons. The van der Waals surface area contributed by atoms with E-state index in [2.05, 4.69) is 0 Å². The van der Waals surface area contributed by atoms with Gasteiger partial charge in [-0.25, -0.2) is 0 Å². The molecule has 0 spiro atoms. The summed E-state index contributed by atoms with van der Waals surface area (Å²) >= 11 is 12.4. The Balaban J connectivity index is 1.78. The van der Waals surface area contributed by atoms with Gasteiger partial charge in [0.05, 0.1) is 12.5 Å². The zero-order valence-corrected chi connectivity index (χ0v) is 17.4. The summed E-state index contributed by atoms with van der Waals surface area (Å²) < 4.78 is 0. The van der Waals surface area contributed by atoms with Gasteiger partial charge in [-0.2, -0.15) is 0 Å². The molecule has 2 aromatic carbocycles. The Morgan fingerprint density at radius 2 is 1.76 bits per heavy atom. The number of halogens is 2. The normalized spacial score (nSPS) is 24.6. The van der Waals surface area contributed by atoms with Crippen molar-refractivity contribution >= 4 is 35.1 Å². The van der Waals surface area contributed by atoms with Crippen molar-refractivity contribution in [3.8, 4) is 0 Å². The fourth-order valence-corrected chi connectivity index (χ4v) is 4.74. The van der Waals surface area contributed by atoms with E-state index < -0.39 is 11.9 Å². The summed E-state index contributed by atoms with van der Waals surface area (Å²) in [5.74, 6) is -1.06. The van der Waals surface area contributed by atoms with Gasteiger partial charge >= 0.3 is 5.97 Å². The fourth-order valence-electron chi connectivity index (χ4n) is 4.42. The van der Waals surface area contributed by atoms with Crippen LogP contribution in [-0.4, -0.2) is 28.4 Å². The lowest BCUT2D eigenvalue weighted by Crippen LogP contribution is -2.48. The third kappa shape index (κ3) is 4.59. The van der Waals surface area contributed by atoms with E-state index in [4.69, 9.17) is 23.2 Å². The van der Waals surface area contributed by atoms with Gasteiger partial charge in [0.1, 0.15) is 0 Å². The van der Waals surface area contributed by atoms with Crippen molar-refractivity contribution in [2.45, 2.75) is 37.6 Å². The number of amides is 1. The molecule has 1 saturated heterocycles. The van der Waals surface area contributed by atoms with E-state index in [1.807, 2.05) is 53.4 Å². The number of carboxylic acids is 1. The van der Waals surface area contributed by atoms with Crippen molar-refractivity contribution in [3.05, 3.63) is 69.7 Å². The smallest absolute Gasteiger partial charge is 0.304 e. The van der Waals surface area contributed by atoms with Crippen molar-refractivity contribution in [1.29, 1.82) is 0 Å². The van der Waals surface area contributed by atoms with Crippen molar-refractivity contribution < 1.29 is 14.7 Å². The standard InChI is InChI=1S/C23H23Cl2NO3/c24-18-8-6-15(7-9-18)22-20(16-2-1-3-19(25)10-16)11-17(12-21(27)28)23(29)26(22)13-14-4-5-14/h1-3,6-10,14,17,20,22H,4-5,11-13H2,(H,27,28)/t17-,20-,22-/m0/s1. The molecule has 1 saturated carbocycles. The SMILES string of the molecule is O=C(O)C[C@@H]1C[C@@H](c2cccc(Cl)c2)[C@H](c2ccc(Cl)cc2)N(CC2CC2)C1=O. The van der Waals surface area contributed by atoms with Crippen LogP contribution in [0.3, 0.4) is 0 Å². The molecular formula is C23H23Cl2NO3. The van der Waals surface area contributed by atoms with Gasteiger partial charge in [0.25, 0.3) is 0 Å². The van der Waals surface area contributed by atoms with Crippen LogP contribution in [0.2, 0.25) is 10.0 Å². The number of hydrogen-bond acceptors (Lipinski definition) is 2. The van der Waals surface area contributed by atoms with Crippen LogP contribution in [-0.2, 0) is 9.59 Å². The van der Waals surface area contributed by atoms with Gasteiger partial charge in [-0.05, 0) is 60.6 Å². The van der Waals surface area contributed by atoms with E-state index in [-0.39, 0.29) is 24.3 Å². The van der Waals surface area contributed by atoms with Crippen LogP contribution < -0.4 is 0 Å². The summed E-state index contributed by atoms with van der Waals surface area (Å²) in [4.78, 5) is 26.7. The second kappa shape index (κ2) is 8.37. The fraction of sp³-hybridized carbons (Fsp3) is 0.391. The molecule has 0 radical (unpaired) electrons. The highest BCUT2D eigenvalue weighted by molar-refractivity contribution is 6.30. The summed E-state index contributed by atoms with van der Waals surface area (Å²) in [6, 6.07) is 15.1. The van der Waals surface area contributed by atoms with Crippen LogP contribution in [0.1, 0.15) is 48.8 Å². The van der Waals surface area contributed by atoms with Crippen LogP contribution in [0.4, 0.5) is 0 Å². The average molecular weight is 432 g/mol. The molecule has 3 atom stereocenters. The maximum absolute atomic E-state index is 13.3. The number of carbonyl (C=O) groups is 2. The highest BCUT2D eigenvalue weighted by Crippen LogP contribution is 2.48. The molecule has 1 N–H and O–H groups in total. The first kappa shape index (κ1) is 20.2. The number of carbonyl (C=O) groups excluding carboxylic acids is 1. The van der Waals surface area contributed by atoms with Crippen molar-refractivity contribution in [2.24, 2.45) is 11.8 Å². The van der Waals surface area contributed by atoms with E-state index in [0.29, 0.717) is 28.9 Å². The summed E-state index contributed by atoms with van der Waals surface area (Å²) in [5.41, 5.74) is 2.04. The number of hydrogen-bond donors (Lipinski definition) is 1. The van der Waals surface area contributed by atoms with Crippen LogP contribution in [0.15, 0.2) is 48.5 Å². The Bertz CT molecular complexity index is 911. The zero-order valence-electron chi connectivity index (χ0n) is 15.9. The van der Waals surface area contributed by atoms with Crippen LogP contribution in [0.5, 0.6) is 0 Å². The van der Waals surface area contributed by atoms with Gasteiger partial charge in [-0.1, -0.05) is 47.5 Å². The molecule has 1 aliphatic heterocycles. The summed E-state index contributed by atoms with van der Waals surface area (Å²) in [6.45, 7) is 0.666. The minimum Gasteiger partial charge on any atom is -0.481 e. The highest BCUT2D eigenvalue weighted by atomic mass is 35.5. The molecule has 1 aliphatic carbocycles. The zero-order chi connectivity index (χ0) is 20.5. The number of nitrogens with zero attached hydrogens (tertiary/aromatic N) is 1. The Morgan fingerprint density at radius 1 is 1.03 bits per heavy atom. The number of benzene rings is 2. The summed E-state index contributed by atoms with van der Waals surface area (Å²) in [7, 11) is 0. The van der Waals surface area contributed by atoms with E-state index in [1.54, 1.807) is 0 Å². The largest absolute Gasteiger partial charge is 0.481 e. The number of likely N-dealkylation sites (tertiary alicyclic amines) is 1. The van der Waals surface area contributed by atoms with E-state index in [9.17, 15) is 14.7 Å². The summed E-state index contributed by atoms with van der Waals surface area (Å²) in [5, 5.41) is 10.7. The minimum absolute atomic E-state index is 0.0318. The molecular weight excluding hydrogens is 409 g/mol. The third-order valence-corrected chi connectivity index (χ3v) is 6.44. The lowest BCUT2D eigenvalue weighted by molar-refractivity contribution is -0.150. The van der Waals surface area contributed by atoms with Crippen molar-refractivity contribution in [1.82, 2.24) is 4.90 Å². The topological polar surface area (TPSA) is 57.6 Å². The molecule has 0 aromatic heterocycles. The molecule has 0 unspecified atom stereocenters. The Labute approximate surface area is 180 Å². The molecule has 0 bridgehead atoms. The number of carboxylic acid groups (broad SMARTS) is 1. The number of aliphatic carboxylic acids is 1. The van der Waals surface area contributed by atoms with Gasteiger partial charge in [0.2, 0.25) is 5.91 Å². The molecule has 1 heterocycles. The van der Waals surface area contributed by atoms with E-state index >= 15 is 0 Å². The van der Waals surface area contributed by atoms with Gasteiger partial charge in [-0.3, -0.25) is 9.59 Å². The molecule has 2 fully saturated rings. The summed E-state index contributed by atoms with van der Waals surface area (Å²) in [6.07, 6.45) is 2.56. The van der Waals surface area contributed by atoms with Gasteiger partial charge in [0.15, 0.2) is 0 Å². The molecule has 2 aromatic rings. The Kier molecular flexibility index (Phi) is 5.84. The van der Waals surface area contributed by atoms with Gasteiger partial charge < -0.3 is 10.0 Å². The van der Waals surface area contributed by atoms with Crippen molar-refractivity contribution in [2.75, 3.05) is 6.54 Å². The number of piperidine rings is 1. The maximum atomic E-state index is 13.3. The molecule has 2 aliphatic rings. The molecule has 4 nitrogen and oxygen atoms in total. The van der Waals surface area contributed by atoms with Crippen molar-refractivity contribution in [3.63, 3.8) is 0 Å². The molecule has 6 heteroatoms. The van der Waals surface area contributed by atoms with Gasteiger partial charge in [-0.15, -0.1) is 0 Å². The first-order valence-electron chi connectivity index (χ1n) is 9.95. The first-order valence-corrected chi connectivity index (χ1v) is 10.7. The Hall–Kier alpha value is -2.04. The molecule has 1 amide bonds. The number of rotatable bonds is 6. The quantitative estimate of drug-likeness (QED) is 0.651. The Morgan fingerprint density at radius 3 is 2.38 bits per heavy atom. The maximum Gasteiger partial charge on any atom is 0.304 e. The van der Waals surface area contributed by atoms with E-state index in [1.165, 1.54) is 0 Å². The van der Waals surface area contributed by atoms with Crippen LogP contribution in [0.25, 0.3) is 0 Å². The minimum atomic E-state index is -0.940. The van der Waals surface area contributed by atoms with Crippen LogP contribution >= 0.6 is 23.2 Å². The lowest BCUT2D eigenvalue weighted by Gasteiger charge is -2.45. The predicted octanol–water partition coefficient (Wildman–Crippen LogP) is 5.55.